The minimum Gasteiger partial charge on any atom is -0.469 e. The molecule has 1 atom stereocenters. The average molecular weight is 519 g/mol. The maximum Gasteiger partial charge on any atom is 0.191 e. The standard InChI is InChI=1S/C20H27ClN4O2.HI/c1-22-20(23-9-8-18-3-2-12-27-18)24-15-19(25-10-13-26-14-11-25)16-4-6-17(21)7-5-16;/h2-7,12,19H,8-11,13-15H2,1H3,(H2,22,23,24);1H. The van der Waals surface area contributed by atoms with Gasteiger partial charge in [-0.05, 0) is 29.8 Å². The van der Waals surface area contributed by atoms with Crippen LogP contribution >= 0.6 is 35.6 Å². The van der Waals surface area contributed by atoms with Crippen LogP contribution < -0.4 is 10.6 Å². The lowest BCUT2D eigenvalue weighted by atomic mass is 10.0. The van der Waals surface area contributed by atoms with Crippen molar-refractivity contribution in [3.05, 3.63) is 59.0 Å². The van der Waals surface area contributed by atoms with Gasteiger partial charge in [0.1, 0.15) is 5.76 Å². The van der Waals surface area contributed by atoms with E-state index >= 15 is 0 Å². The minimum atomic E-state index is 0. The highest BCUT2D eigenvalue weighted by Crippen LogP contribution is 2.23. The predicted octanol–water partition coefficient (Wildman–Crippen LogP) is 3.33. The highest BCUT2D eigenvalue weighted by molar-refractivity contribution is 14.0. The lowest BCUT2D eigenvalue weighted by molar-refractivity contribution is 0.0170. The molecule has 1 aliphatic heterocycles. The summed E-state index contributed by atoms with van der Waals surface area (Å²) in [6, 6.07) is 12.2. The van der Waals surface area contributed by atoms with E-state index in [4.69, 9.17) is 20.8 Å². The van der Waals surface area contributed by atoms with Gasteiger partial charge in [0.15, 0.2) is 5.96 Å². The molecule has 2 N–H and O–H groups in total. The van der Waals surface area contributed by atoms with E-state index in [-0.39, 0.29) is 30.0 Å². The van der Waals surface area contributed by atoms with Crippen LogP contribution in [0.4, 0.5) is 0 Å². The van der Waals surface area contributed by atoms with Gasteiger partial charge in [-0.25, -0.2) is 0 Å². The van der Waals surface area contributed by atoms with E-state index in [0.29, 0.717) is 0 Å². The van der Waals surface area contributed by atoms with Crippen molar-refractivity contribution in [2.24, 2.45) is 4.99 Å². The fourth-order valence-corrected chi connectivity index (χ4v) is 3.33. The molecule has 0 aliphatic carbocycles. The van der Waals surface area contributed by atoms with Gasteiger partial charge in [0.25, 0.3) is 0 Å². The Kier molecular flexibility index (Phi) is 10.1. The van der Waals surface area contributed by atoms with E-state index in [0.717, 1.165) is 62.6 Å². The van der Waals surface area contributed by atoms with Gasteiger partial charge in [0, 0.05) is 44.7 Å². The van der Waals surface area contributed by atoms with Crippen LogP contribution in [0.1, 0.15) is 17.4 Å². The van der Waals surface area contributed by atoms with Gasteiger partial charge >= 0.3 is 0 Å². The van der Waals surface area contributed by atoms with E-state index < -0.39 is 0 Å². The van der Waals surface area contributed by atoms with Crippen LogP contribution in [0.25, 0.3) is 0 Å². The average Bonchev–Trinajstić information content (AvgIpc) is 3.22. The van der Waals surface area contributed by atoms with E-state index in [1.165, 1.54) is 5.56 Å². The Hall–Kier alpha value is -1.29. The number of hydrogen-bond donors (Lipinski definition) is 2. The summed E-state index contributed by atoms with van der Waals surface area (Å²) in [5.74, 6) is 1.75. The molecular weight excluding hydrogens is 491 g/mol. The van der Waals surface area contributed by atoms with Gasteiger partial charge in [0.05, 0.1) is 25.5 Å². The van der Waals surface area contributed by atoms with Crippen LogP contribution in [0.5, 0.6) is 0 Å². The molecule has 8 heteroatoms. The quantitative estimate of drug-likeness (QED) is 0.335. The summed E-state index contributed by atoms with van der Waals surface area (Å²) in [5.41, 5.74) is 1.24. The van der Waals surface area contributed by atoms with E-state index in [1.54, 1.807) is 13.3 Å². The summed E-state index contributed by atoms with van der Waals surface area (Å²) >= 11 is 6.07. The number of halogens is 2. The minimum absolute atomic E-state index is 0. The first-order chi connectivity index (χ1) is 13.3. The molecule has 6 nitrogen and oxygen atoms in total. The van der Waals surface area contributed by atoms with Crippen molar-refractivity contribution in [1.82, 2.24) is 15.5 Å². The molecule has 0 amide bonds. The summed E-state index contributed by atoms with van der Waals surface area (Å²) in [4.78, 5) is 6.77. The van der Waals surface area contributed by atoms with Crippen molar-refractivity contribution in [2.75, 3.05) is 46.4 Å². The number of ether oxygens (including phenoxy) is 1. The molecule has 154 valence electrons. The fourth-order valence-electron chi connectivity index (χ4n) is 3.20. The molecule has 0 radical (unpaired) electrons. The molecule has 2 aromatic rings. The van der Waals surface area contributed by atoms with Crippen molar-refractivity contribution in [3.8, 4) is 0 Å². The zero-order valence-corrected chi connectivity index (χ0v) is 19.2. The molecular formula is C20H28ClIN4O2. The largest absolute Gasteiger partial charge is 0.469 e. The number of nitrogens with one attached hydrogen (secondary N) is 2. The molecule has 1 aromatic heterocycles. The highest BCUT2D eigenvalue weighted by atomic mass is 127. The smallest absolute Gasteiger partial charge is 0.191 e. The molecule has 1 unspecified atom stereocenters. The van der Waals surface area contributed by atoms with Crippen molar-refractivity contribution in [1.29, 1.82) is 0 Å². The zero-order chi connectivity index (χ0) is 18.9. The number of hydrogen-bond acceptors (Lipinski definition) is 4. The Morgan fingerprint density at radius 1 is 1.18 bits per heavy atom. The second kappa shape index (κ2) is 12.3. The molecule has 0 spiro atoms. The lowest BCUT2D eigenvalue weighted by Gasteiger charge is -2.35. The summed E-state index contributed by atoms with van der Waals surface area (Å²) in [7, 11) is 1.79. The third-order valence-electron chi connectivity index (χ3n) is 4.67. The van der Waals surface area contributed by atoms with Crippen LogP contribution in [0.15, 0.2) is 52.1 Å². The first-order valence-electron chi connectivity index (χ1n) is 9.30. The second-order valence-corrected chi connectivity index (χ2v) is 6.86. The number of morpholine rings is 1. The summed E-state index contributed by atoms with van der Waals surface area (Å²) in [6.45, 7) is 4.87. The Morgan fingerprint density at radius 2 is 1.93 bits per heavy atom. The Labute approximate surface area is 188 Å². The zero-order valence-electron chi connectivity index (χ0n) is 16.1. The first kappa shape index (κ1) is 23.0. The molecule has 1 aliphatic rings. The molecule has 28 heavy (non-hydrogen) atoms. The molecule has 1 saturated heterocycles. The fraction of sp³-hybridized carbons (Fsp3) is 0.450. The Bertz CT molecular complexity index is 704. The maximum atomic E-state index is 6.07. The van der Waals surface area contributed by atoms with Crippen molar-refractivity contribution < 1.29 is 9.15 Å². The number of furan rings is 1. The Morgan fingerprint density at radius 3 is 2.57 bits per heavy atom. The highest BCUT2D eigenvalue weighted by Gasteiger charge is 2.22. The van der Waals surface area contributed by atoms with Gasteiger partial charge in [-0.15, -0.1) is 24.0 Å². The summed E-state index contributed by atoms with van der Waals surface area (Å²) in [6.07, 6.45) is 2.51. The van der Waals surface area contributed by atoms with Gasteiger partial charge in [-0.1, -0.05) is 23.7 Å². The second-order valence-electron chi connectivity index (χ2n) is 6.42. The first-order valence-corrected chi connectivity index (χ1v) is 9.68. The number of rotatable bonds is 7. The van der Waals surface area contributed by atoms with Crippen molar-refractivity contribution in [3.63, 3.8) is 0 Å². The number of nitrogens with zero attached hydrogens (tertiary/aromatic N) is 2. The molecule has 1 fully saturated rings. The maximum absolute atomic E-state index is 6.07. The number of benzene rings is 1. The monoisotopic (exact) mass is 518 g/mol. The normalized spacial score (nSPS) is 16.3. The summed E-state index contributed by atoms with van der Waals surface area (Å²) < 4.78 is 10.9. The topological polar surface area (TPSA) is 62.0 Å². The van der Waals surface area contributed by atoms with Crippen molar-refractivity contribution >= 4 is 41.5 Å². The van der Waals surface area contributed by atoms with E-state index in [9.17, 15) is 0 Å². The SMILES string of the molecule is CN=C(NCCc1ccco1)NCC(c1ccc(Cl)cc1)N1CCOCC1.I. The van der Waals surface area contributed by atoms with E-state index in [1.807, 2.05) is 24.3 Å². The molecule has 0 bridgehead atoms. The van der Waals surface area contributed by atoms with Crippen LogP contribution in [0.2, 0.25) is 5.02 Å². The molecule has 3 rings (SSSR count). The van der Waals surface area contributed by atoms with Gasteiger partial charge in [-0.3, -0.25) is 9.89 Å². The molecule has 2 heterocycles. The van der Waals surface area contributed by atoms with Crippen LogP contribution in [-0.2, 0) is 11.2 Å². The van der Waals surface area contributed by atoms with Crippen LogP contribution in [-0.4, -0.2) is 57.3 Å². The Balaban J connectivity index is 0.00000280. The molecule has 0 saturated carbocycles. The lowest BCUT2D eigenvalue weighted by Crippen LogP contribution is -2.46. The molecule has 1 aromatic carbocycles. The van der Waals surface area contributed by atoms with E-state index in [2.05, 4.69) is 32.7 Å². The van der Waals surface area contributed by atoms with Gasteiger partial charge in [-0.2, -0.15) is 0 Å². The predicted molar refractivity (Wildman–Crippen MR) is 124 cm³/mol. The van der Waals surface area contributed by atoms with Gasteiger partial charge < -0.3 is 19.8 Å². The van der Waals surface area contributed by atoms with Crippen LogP contribution in [0.3, 0.4) is 0 Å². The number of aliphatic imine (C=N–C) groups is 1. The van der Waals surface area contributed by atoms with Crippen molar-refractivity contribution in [2.45, 2.75) is 12.5 Å². The van der Waals surface area contributed by atoms with Crippen LogP contribution in [0, 0.1) is 0 Å². The third kappa shape index (κ3) is 6.95. The van der Waals surface area contributed by atoms with Gasteiger partial charge in [0.2, 0.25) is 0 Å². The third-order valence-corrected chi connectivity index (χ3v) is 4.92. The summed E-state index contributed by atoms with van der Waals surface area (Å²) in [5, 5.41) is 7.55. The number of guanidine groups is 1.